The zero-order valence-electron chi connectivity index (χ0n) is 16.3. The number of anilines is 1. The average Bonchev–Trinajstić information content (AvgIpc) is 2.76. The van der Waals surface area contributed by atoms with Gasteiger partial charge in [-0.1, -0.05) is 23.7 Å². The predicted octanol–water partition coefficient (Wildman–Crippen LogP) is 4.46. The SMILES string of the molecule is O=C(CCCNC(=O)c1ccc(Cl)cc1)Nc1cccc(OCc2ccccn2)c1. The number of halogens is 1. The maximum absolute atomic E-state index is 12.2. The third-order valence-corrected chi connectivity index (χ3v) is 4.46. The van der Waals surface area contributed by atoms with E-state index in [1.54, 1.807) is 42.6 Å². The van der Waals surface area contributed by atoms with Crippen molar-refractivity contribution < 1.29 is 14.3 Å². The highest BCUT2D eigenvalue weighted by Gasteiger charge is 2.07. The van der Waals surface area contributed by atoms with E-state index >= 15 is 0 Å². The summed E-state index contributed by atoms with van der Waals surface area (Å²) in [7, 11) is 0. The second-order valence-electron chi connectivity index (χ2n) is 6.55. The first-order valence-electron chi connectivity index (χ1n) is 9.56. The second-order valence-corrected chi connectivity index (χ2v) is 6.99. The summed E-state index contributed by atoms with van der Waals surface area (Å²) in [5.41, 5.74) is 2.02. The molecule has 1 heterocycles. The van der Waals surface area contributed by atoms with E-state index in [1.165, 1.54) is 0 Å². The summed E-state index contributed by atoms with van der Waals surface area (Å²) in [4.78, 5) is 28.4. The highest BCUT2D eigenvalue weighted by molar-refractivity contribution is 6.30. The maximum atomic E-state index is 12.2. The largest absolute Gasteiger partial charge is 0.487 e. The first-order chi connectivity index (χ1) is 14.6. The van der Waals surface area contributed by atoms with Crippen molar-refractivity contribution in [2.75, 3.05) is 11.9 Å². The number of hydrogen-bond acceptors (Lipinski definition) is 4. The van der Waals surface area contributed by atoms with Gasteiger partial charge in [-0.3, -0.25) is 14.6 Å². The smallest absolute Gasteiger partial charge is 0.251 e. The Morgan fingerprint density at radius 2 is 1.83 bits per heavy atom. The van der Waals surface area contributed by atoms with E-state index in [9.17, 15) is 9.59 Å². The Morgan fingerprint density at radius 1 is 1.00 bits per heavy atom. The molecule has 0 unspecified atom stereocenters. The lowest BCUT2D eigenvalue weighted by molar-refractivity contribution is -0.116. The van der Waals surface area contributed by atoms with Gasteiger partial charge in [0.15, 0.2) is 0 Å². The number of nitrogens with zero attached hydrogens (tertiary/aromatic N) is 1. The van der Waals surface area contributed by atoms with Crippen LogP contribution in [0.15, 0.2) is 72.9 Å². The Bertz CT molecular complexity index is 978. The number of pyridine rings is 1. The lowest BCUT2D eigenvalue weighted by Gasteiger charge is -2.09. The molecule has 30 heavy (non-hydrogen) atoms. The van der Waals surface area contributed by atoms with E-state index in [0.29, 0.717) is 48.0 Å². The molecular weight excluding hydrogens is 402 g/mol. The maximum Gasteiger partial charge on any atom is 0.251 e. The van der Waals surface area contributed by atoms with Crippen LogP contribution in [0, 0.1) is 0 Å². The molecule has 0 saturated carbocycles. The van der Waals surface area contributed by atoms with Crippen molar-refractivity contribution in [2.45, 2.75) is 19.4 Å². The quantitative estimate of drug-likeness (QED) is 0.498. The lowest BCUT2D eigenvalue weighted by atomic mass is 10.2. The minimum absolute atomic E-state index is 0.127. The predicted molar refractivity (Wildman–Crippen MR) is 117 cm³/mol. The van der Waals surface area contributed by atoms with Crippen LogP contribution < -0.4 is 15.4 Å². The fraction of sp³-hybridized carbons (Fsp3) is 0.174. The Kier molecular flexibility index (Phi) is 7.80. The van der Waals surface area contributed by atoms with Crippen molar-refractivity contribution in [1.29, 1.82) is 0 Å². The first-order valence-corrected chi connectivity index (χ1v) is 9.94. The fourth-order valence-electron chi connectivity index (χ4n) is 2.68. The molecule has 0 fully saturated rings. The van der Waals surface area contributed by atoms with Crippen LogP contribution in [0.5, 0.6) is 5.75 Å². The summed E-state index contributed by atoms with van der Waals surface area (Å²) < 4.78 is 5.72. The molecule has 0 spiro atoms. The van der Waals surface area contributed by atoms with Gasteiger partial charge in [0.25, 0.3) is 5.91 Å². The molecule has 0 saturated heterocycles. The number of amides is 2. The van der Waals surface area contributed by atoms with Gasteiger partial charge in [0.05, 0.1) is 5.69 Å². The van der Waals surface area contributed by atoms with Crippen LogP contribution >= 0.6 is 11.6 Å². The van der Waals surface area contributed by atoms with Gasteiger partial charge >= 0.3 is 0 Å². The molecule has 7 heteroatoms. The number of aromatic nitrogens is 1. The summed E-state index contributed by atoms with van der Waals surface area (Å²) in [5.74, 6) is 0.330. The standard InChI is InChI=1S/C23H22ClN3O3/c24-18-11-9-17(10-12-18)23(29)26-14-4-8-22(28)27-19-6-3-7-21(15-19)30-16-20-5-1-2-13-25-20/h1-3,5-7,9-13,15H,4,8,14,16H2,(H,26,29)(H,27,28). The van der Waals surface area contributed by atoms with E-state index in [4.69, 9.17) is 16.3 Å². The van der Waals surface area contributed by atoms with E-state index < -0.39 is 0 Å². The molecule has 6 nitrogen and oxygen atoms in total. The van der Waals surface area contributed by atoms with Crippen LogP contribution in [0.3, 0.4) is 0 Å². The second kappa shape index (κ2) is 11.0. The normalized spacial score (nSPS) is 10.3. The molecule has 0 aliphatic rings. The molecule has 0 bridgehead atoms. The van der Waals surface area contributed by atoms with Crippen molar-refractivity contribution in [3.05, 3.63) is 89.2 Å². The number of ether oxygens (including phenoxy) is 1. The van der Waals surface area contributed by atoms with Crippen molar-refractivity contribution in [3.8, 4) is 5.75 Å². The summed E-state index contributed by atoms with van der Waals surface area (Å²) in [5, 5.41) is 6.21. The molecule has 1 aromatic heterocycles. The first kappa shape index (κ1) is 21.3. The highest BCUT2D eigenvalue weighted by atomic mass is 35.5. The monoisotopic (exact) mass is 423 g/mol. The Labute approximate surface area is 180 Å². The van der Waals surface area contributed by atoms with Crippen LogP contribution in [-0.2, 0) is 11.4 Å². The molecule has 0 aliphatic carbocycles. The molecular formula is C23H22ClN3O3. The van der Waals surface area contributed by atoms with E-state index in [1.807, 2.05) is 30.3 Å². The lowest BCUT2D eigenvalue weighted by Crippen LogP contribution is -2.25. The summed E-state index contributed by atoms with van der Waals surface area (Å²) in [6.07, 6.45) is 2.54. The number of carbonyl (C=O) groups excluding carboxylic acids is 2. The van der Waals surface area contributed by atoms with Crippen LogP contribution in [0.4, 0.5) is 5.69 Å². The molecule has 154 valence electrons. The topological polar surface area (TPSA) is 80.3 Å². The molecule has 2 amide bonds. The van der Waals surface area contributed by atoms with Crippen LogP contribution in [0.2, 0.25) is 5.02 Å². The highest BCUT2D eigenvalue weighted by Crippen LogP contribution is 2.18. The molecule has 2 N–H and O–H groups in total. The van der Waals surface area contributed by atoms with Crippen molar-refractivity contribution in [3.63, 3.8) is 0 Å². The summed E-state index contributed by atoms with van der Waals surface area (Å²) in [6, 6.07) is 19.5. The van der Waals surface area contributed by atoms with Gasteiger partial charge in [-0.05, 0) is 55.0 Å². The summed E-state index contributed by atoms with van der Waals surface area (Å²) >= 11 is 5.81. The molecule has 3 aromatic rings. The minimum Gasteiger partial charge on any atom is -0.487 e. The van der Waals surface area contributed by atoms with Crippen molar-refractivity contribution in [2.24, 2.45) is 0 Å². The third kappa shape index (κ3) is 6.90. The average molecular weight is 424 g/mol. The Hall–Kier alpha value is -3.38. The minimum atomic E-state index is -0.190. The zero-order chi connectivity index (χ0) is 21.2. The third-order valence-electron chi connectivity index (χ3n) is 4.20. The van der Waals surface area contributed by atoms with Gasteiger partial charge in [0.2, 0.25) is 5.91 Å². The van der Waals surface area contributed by atoms with Gasteiger partial charge in [-0.2, -0.15) is 0 Å². The molecule has 0 radical (unpaired) electrons. The van der Waals surface area contributed by atoms with E-state index in [2.05, 4.69) is 15.6 Å². The van der Waals surface area contributed by atoms with E-state index in [-0.39, 0.29) is 11.8 Å². The van der Waals surface area contributed by atoms with Crippen molar-refractivity contribution >= 4 is 29.1 Å². The van der Waals surface area contributed by atoms with Gasteiger partial charge in [0, 0.05) is 41.5 Å². The van der Waals surface area contributed by atoms with Gasteiger partial charge < -0.3 is 15.4 Å². The number of rotatable bonds is 9. The molecule has 0 aliphatic heterocycles. The number of hydrogen-bond donors (Lipinski definition) is 2. The van der Waals surface area contributed by atoms with Gasteiger partial charge in [-0.15, -0.1) is 0 Å². The van der Waals surface area contributed by atoms with Gasteiger partial charge in [0.1, 0.15) is 12.4 Å². The van der Waals surface area contributed by atoms with Gasteiger partial charge in [-0.25, -0.2) is 0 Å². The molecule has 3 rings (SSSR count). The van der Waals surface area contributed by atoms with Crippen LogP contribution in [0.1, 0.15) is 28.9 Å². The summed E-state index contributed by atoms with van der Waals surface area (Å²) in [6.45, 7) is 0.758. The number of carbonyl (C=O) groups is 2. The zero-order valence-corrected chi connectivity index (χ0v) is 17.1. The van der Waals surface area contributed by atoms with Crippen LogP contribution in [-0.4, -0.2) is 23.3 Å². The van der Waals surface area contributed by atoms with E-state index in [0.717, 1.165) is 5.69 Å². The molecule has 0 atom stereocenters. The van der Waals surface area contributed by atoms with Crippen LogP contribution in [0.25, 0.3) is 0 Å². The Balaban J connectivity index is 1.39. The molecule has 2 aromatic carbocycles. The Morgan fingerprint density at radius 3 is 2.60 bits per heavy atom. The fourth-order valence-corrected chi connectivity index (χ4v) is 2.81. The number of nitrogens with one attached hydrogen (secondary N) is 2. The van der Waals surface area contributed by atoms with Crippen molar-refractivity contribution in [1.82, 2.24) is 10.3 Å². The number of benzene rings is 2.